The molecule has 0 bridgehead atoms. The van der Waals surface area contributed by atoms with Gasteiger partial charge in [-0.1, -0.05) is 0 Å². The second kappa shape index (κ2) is 6.38. The minimum Gasteiger partial charge on any atom is -0.491 e. The SMILES string of the molecule is CN1C(=O)CCOc2ccc(C(=O)NCCCO)cc21. The van der Waals surface area contributed by atoms with Crippen LogP contribution in [0.1, 0.15) is 23.2 Å². The van der Waals surface area contributed by atoms with Crippen LogP contribution in [0.3, 0.4) is 0 Å². The number of hydrogen-bond donors (Lipinski definition) is 2. The Kier molecular flexibility index (Phi) is 4.57. The smallest absolute Gasteiger partial charge is 0.251 e. The summed E-state index contributed by atoms with van der Waals surface area (Å²) in [6, 6.07) is 5.01. The molecule has 2 N–H and O–H groups in total. The van der Waals surface area contributed by atoms with Gasteiger partial charge in [-0.25, -0.2) is 0 Å². The van der Waals surface area contributed by atoms with Gasteiger partial charge in [-0.2, -0.15) is 0 Å². The van der Waals surface area contributed by atoms with E-state index >= 15 is 0 Å². The molecule has 1 heterocycles. The molecule has 0 saturated carbocycles. The Morgan fingerprint density at radius 2 is 2.30 bits per heavy atom. The minimum atomic E-state index is -0.230. The van der Waals surface area contributed by atoms with E-state index in [0.717, 1.165) is 0 Å². The molecule has 6 heteroatoms. The number of fused-ring (bicyclic) bond motifs is 1. The van der Waals surface area contributed by atoms with Crippen LogP contribution in [0.5, 0.6) is 5.75 Å². The lowest BCUT2D eigenvalue weighted by molar-refractivity contribution is -0.118. The van der Waals surface area contributed by atoms with Crippen molar-refractivity contribution >= 4 is 17.5 Å². The molecule has 0 radical (unpaired) electrons. The van der Waals surface area contributed by atoms with Crippen molar-refractivity contribution < 1.29 is 19.4 Å². The molecule has 0 aliphatic carbocycles. The fraction of sp³-hybridized carbons (Fsp3) is 0.429. The number of aliphatic hydroxyl groups is 1. The summed E-state index contributed by atoms with van der Waals surface area (Å²) in [6.07, 6.45) is 0.835. The molecule has 0 saturated heterocycles. The number of anilines is 1. The first-order valence-electron chi connectivity index (χ1n) is 6.56. The monoisotopic (exact) mass is 278 g/mol. The molecular formula is C14H18N2O4. The molecule has 0 unspecified atom stereocenters. The number of amides is 2. The highest BCUT2D eigenvalue weighted by atomic mass is 16.5. The Hall–Kier alpha value is -2.08. The van der Waals surface area contributed by atoms with Gasteiger partial charge in [-0.3, -0.25) is 9.59 Å². The Morgan fingerprint density at radius 1 is 1.50 bits per heavy atom. The van der Waals surface area contributed by atoms with Gasteiger partial charge in [0.25, 0.3) is 5.91 Å². The average molecular weight is 278 g/mol. The average Bonchev–Trinajstić information content (AvgIpc) is 2.59. The summed E-state index contributed by atoms with van der Waals surface area (Å²) in [4.78, 5) is 25.2. The summed E-state index contributed by atoms with van der Waals surface area (Å²) in [5, 5.41) is 11.4. The number of benzene rings is 1. The zero-order valence-electron chi connectivity index (χ0n) is 11.4. The van der Waals surface area contributed by atoms with Crippen LogP contribution in [-0.2, 0) is 4.79 Å². The van der Waals surface area contributed by atoms with Gasteiger partial charge in [0.2, 0.25) is 5.91 Å². The fourth-order valence-corrected chi connectivity index (χ4v) is 1.98. The maximum Gasteiger partial charge on any atom is 0.251 e. The van der Waals surface area contributed by atoms with Crippen LogP contribution < -0.4 is 15.0 Å². The molecule has 2 rings (SSSR count). The molecule has 6 nitrogen and oxygen atoms in total. The standard InChI is InChI=1S/C14H18N2O4/c1-16-11-9-10(14(19)15-6-2-7-17)3-4-12(11)20-8-5-13(16)18/h3-4,9,17H,2,5-8H2,1H3,(H,15,19). The van der Waals surface area contributed by atoms with Crippen LogP contribution in [0, 0.1) is 0 Å². The Morgan fingerprint density at radius 3 is 3.05 bits per heavy atom. The lowest BCUT2D eigenvalue weighted by Gasteiger charge is -2.17. The predicted octanol–water partition coefficient (Wildman–Crippen LogP) is 0.544. The number of carbonyl (C=O) groups is 2. The number of nitrogens with one attached hydrogen (secondary N) is 1. The van der Waals surface area contributed by atoms with Crippen LogP contribution >= 0.6 is 0 Å². The zero-order chi connectivity index (χ0) is 14.5. The van der Waals surface area contributed by atoms with E-state index in [1.807, 2.05) is 0 Å². The van der Waals surface area contributed by atoms with Gasteiger partial charge >= 0.3 is 0 Å². The van der Waals surface area contributed by atoms with E-state index in [-0.39, 0.29) is 18.4 Å². The van der Waals surface area contributed by atoms with Crippen LogP contribution in [0.25, 0.3) is 0 Å². The van der Waals surface area contributed by atoms with Crippen molar-refractivity contribution in [3.63, 3.8) is 0 Å². The van der Waals surface area contributed by atoms with Crippen molar-refractivity contribution in [2.75, 3.05) is 31.7 Å². The van der Waals surface area contributed by atoms with Gasteiger partial charge in [0.05, 0.1) is 18.7 Å². The summed E-state index contributed by atoms with van der Waals surface area (Å²) in [7, 11) is 1.67. The van der Waals surface area contributed by atoms with Gasteiger partial charge in [0.1, 0.15) is 5.75 Å². The molecule has 108 valence electrons. The van der Waals surface area contributed by atoms with Crippen molar-refractivity contribution in [1.29, 1.82) is 0 Å². The Labute approximate surface area is 117 Å². The quantitative estimate of drug-likeness (QED) is 0.788. The van der Waals surface area contributed by atoms with E-state index in [9.17, 15) is 9.59 Å². The molecule has 0 spiro atoms. The van der Waals surface area contributed by atoms with E-state index in [0.29, 0.717) is 43.0 Å². The third-order valence-electron chi connectivity index (χ3n) is 3.15. The molecule has 0 fully saturated rings. The zero-order valence-corrected chi connectivity index (χ0v) is 11.4. The maximum absolute atomic E-state index is 11.9. The molecule has 2 amide bonds. The van der Waals surface area contributed by atoms with Gasteiger partial charge in [0, 0.05) is 25.8 Å². The van der Waals surface area contributed by atoms with Crippen molar-refractivity contribution in [2.45, 2.75) is 12.8 Å². The molecule has 20 heavy (non-hydrogen) atoms. The number of hydrogen-bond acceptors (Lipinski definition) is 4. The van der Waals surface area contributed by atoms with Crippen LogP contribution in [-0.4, -0.2) is 43.7 Å². The largest absolute Gasteiger partial charge is 0.491 e. The Bertz CT molecular complexity index is 516. The first-order valence-corrected chi connectivity index (χ1v) is 6.56. The number of rotatable bonds is 4. The first-order chi connectivity index (χ1) is 9.63. The van der Waals surface area contributed by atoms with Crippen molar-refractivity contribution in [1.82, 2.24) is 5.32 Å². The van der Waals surface area contributed by atoms with Crippen molar-refractivity contribution in [2.24, 2.45) is 0 Å². The van der Waals surface area contributed by atoms with E-state index in [4.69, 9.17) is 9.84 Å². The second-order valence-corrected chi connectivity index (χ2v) is 4.57. The topological polar surface area (TPSA) is 78.9 Å². The first kappa shape index (κ1) is 14.3. The molecule has 1 aromatic carbocycles. The van der Waals surface area contributed by atoms with E-state index < -0.39 is 0 Å². The third kappa shape index (κ3) is 3.08. The number of ether oxygens (including phenoxy) is 1. The van der Waals surface area contributed by atoms with Gasteiger partial charge in [-0.05, 0) is 24.6 Å². The number of nitrogens with zero attached hydrogens (tertiary/aromatic N) is 1. The van der Waals surface area contributed by atoms with E-state index in [1.54, 1.807) is 25.2 Å². The summed E-state index contributed by atoms with van der Waals surface area (Å²) in [5.41, 5.74) is 1.06. The fourth-order valence-electron chi connectivity index (χ4n) is 1.98. The minimum absolute atomic E-state index is 0.0372. The summed E-state index contributed by atoms with van der Waals surface area (Å²) >= 11 is 0. The van der Waals surface area contributed by atoms with E-state index in [1.165, 1.54) is 4.90 Å². The highest BCUT2D eigenvalue weighted by Gasteiger charge is 2.21. The highest BCUT2D eigenvalue weighted by Crippen LogP contribution is 2.31. The maximum atomic E-state index is 11.9. The van der Waals surface area contributed by atoms with Crippen molar-refractivity contribution in [3.05, 3.63) is 23.8 Å². The number of aliphatic hydroxyl groups excluding tert-OH is 1. The normalized spacial score (nSPS) is 14.3. The summed E-state index contributed by atoms with van der Waals surface area (Å²) in [6.45, 7) is 0.797. The summed E-state index contributed by atoms with van der Waals surface area (Å²) in [5.74, 6) is 0.332. The van der Waals surface area contributed by atoms with Gasteiger partial charge in [-0.15, -0.1) is 0 Å². The van der Waals surface area contributed by atoms with Crippen LogP contribution in [0.2, 0.25) is 0 Å². The van der Waals surface area contributed by atoms with Gasteiger partial charge < -0.3 is 20.1 Å². The predicted molar refractivity (Wildman–Crippen MR) is 74.0 cm³/mol. The van der Waals surface area contributed by atoms with Crippen molar-refractivity contribution in [3.8, 4) is 5.75 Å². The third-order valence-corrected chi connectivity index (χ3v) is 3.15. The molecule has 1 aliphatic heterocycles. The molecule has 0 aromatic heterocycles. The lowest BCUT2D eigenvalue weighted by atomic mass is 10.1. The van der Waals surface area contributed by atoms with Crippen LogP contribution in [0.4, 0.5) is 5.69 Å². The van der Waals surface area contributed by atoms with E-state index in [2.05, 4.69) is 5.32 Å². The second-order valence-electron chi connectivity index (χ2n) is 4.57. The van der Waals surface area contributed by atoms with Gasteiger partial charge in [0.15, 0.2) is 0 Å². The molecule has 1 aromatic rings. The molecular weight excluding hydrogens is 260 g/mol. The molecule has 1 aliphatic rings. The summed E-state index contributed by atoms with van der Waals surface area (Å²) < 4.78 is 5.50. The Balaban J connectivity index is 2.19. The lowest BCUT2D eigenvalue weighted by Crippen LogP contribution is -2.27. The highest BCUT2D eigenvalue weighted by molar-refractivity contribution is 5.99. The number of carbonyl (C=O) groups excluding carboxylic acids is 2. The molecule has 0 atom stereocenters. The van der Waals surface area contributed by atoms with Crippen LogP contribution in [0.15, 0.2) is 18.2 Å².